The number of sulfonamides is 1. The molecule has 11 heteroatoms. The average molecular weight is 549 g/mol. The van der Waals surface area contributed by atoms with Gasteiger partial charge in [-0.3, -0.25) is 13.9 Å². The second-order valence-electron chi connectivity index (χ2n) is 8.08. The van der Waals surface area contributed by atoms with Crippen LogP contribution < -0.4 is 9.62 Å². The maximum Gasteiger partial charge on any atom is 0.244 e. The Morgan fingerprint density at radius 1 is 1.03 bits per heavy atom. The Bertz CT molecular complexity index is 1120. The molecule has 1 N–H and O–H groups in total. The summed E-state index contributed by atoms with van der Waals surface area (Å²) in [5.74, 6) is -0.895. The SMILES string of the molecule is CC[C@H](C(=O)NC(C)C)N(Cc1ccc(Cl)cc1)C(=O)CN(c1cccc(Cl)c1Cl)S(C)(=O)=O. The van der Waals surface area contributed by atoms with Gasteiger partial charge in [-0.2, -0.15) is 0 Å². The number of hydrogen-bond acceptors (Lipinski definition) is 4. The van der Waals surface area contributed by atoms with Crippen LogP contribution in [0, 0.1) is 0 Å². The van der Waals surface area contributed by atoms with Crippen molar-refractivity contribution in [2.75, 3.05) is 17.1 Å². The van der Waals surface area contributed by atoms with Crippen LogP contribution in [0.25, 0.3) is 0 Å². The highest BCUT2D eigenvalue weighted by molar-refractivity contribution is 7.92. The summed E-state index contributed by atoms with van der Waals surface area (Å²) in [7, 11) is -3.91. The lowest BCUT2D eigenvalue weighted by atomic mass is 10.1. The van der Waals surface area contributed by atoms with E-state index in [2.05, 4.69) is 5.32 Å². The van der Waals surface area contributed by atoms with Gasteiger partial charge in [-0.25, -0.2) is 8.42 Å². The minimum absolute atomic E-state index is 0.0104. The summed E-state index contributed by atoms with van der Waals surface area (Å²) in [5.41, 5.74) is 0.816. The van der Waals surface area contributed by atoms with Crippen LogP contribution in [0.15, 0.2) is 42.5 Å². The van der Waals surface area contributed by atoms with E-state index in [0.717, 1.165) is 16.1 Å². The first kappa shape index (κ1) is 28.2. The Morgan fingerprint density at radius 2 is 1.65 bits per heavy atom. The third kappa shape index (κ3) is 7.50. The van der Waals surface area contributed by atoms with Crippen LogP contribution in [-0.4, -0.2) is 50.0 Å². The van der Waals surface area contributed by atoms with Gasteiger partial charge in [-0.05, 0) is 50.1 Å². The predicted octanol–water partition coefficient (Wildman–Crippen LogP) is 4.74. The number of rotatable bonds is 10. The molecule has 0 aliphatic heterocycles. The number of anilines is 1. The summed E-state index contributed by atoms with van der Waals surface area (Å²) in [6.45, 7) is 4.96. The van der Waals surface area contributed by atoms with E-state index in [1.54, 1.807) is 37.3 Å². The zero-order valence-corrected chi connectivity index (χ0v) is 22.5. The quantitative estimate of drug-likeness (QED) is 0.464. The van der Waals surface area contributed by atoms with Crippen LogP contribution in [0.4, 0.5) is 5.69 Å². The topological polar surface area (TPSA) is 86.8 Å². The standard InChI is InChI=1S/C23H28Cl3N3O4S/c1-5-19(23(31)27-15(2)3)28(13-16-9-11-17(24)12-10-16)21(30)14-29(34(4,32)33)20-8-6-7-18(25)22(20)26/h6-12,15,19H,5,13-14H2,1-4H3,(H,27,31)/t19-/m1/s1. The fraction of sp³-hybridized carbons (Fsp3) is 0.391. The molecule has 0 saturated carbocycles. The zero-order chi connectivity index (χ0) is 25.6. The minimum atomic E-state index is -3.91. The number of benzene rings is 2. The van der Waals surface area contributed by atoms with Gasteiger partial charge in [0.15, 0.2) is 0 Å². The summed E-state index contributed by atoms with van der Waals surface area (Å²) in [4.78, 5) is 27.9. The van der Waals surface area contributed by atoms with Crippen molar-refractivity contribution in [1.29, 1.82) is 0 Å². The van der Waals surface area contributed by atoms with E-state index in [1.165, 1.54) is 17.0 Å². The van der Waals surface area contributed by atoms with Crippen molar-refractivity contribution in [2.45, 2.75) is 45.8 Å². The highest BCUT2D eigenvalue weighted by Crippen LogP contribution is 2.33. The highest BCUT2D eigenvalue weighted by Gasteiger charge is 2.32. The molecule has 186 valence electrons. The molecular formula is C23H28Cl3N3O4S. The van der Waals surface area contributed by atoms with Crippen molar-refractivity contribution in [1.82, 2.24) is 10.2 Å². The Kier molecular flexibility index (Phi) is 10.1. The summed E-state index contributed by atoms with van der Waals surface area (Å²) >= 11 is 18.3. The molecule has 2 amide bonds. The van der Waals surface area contributed by atoms with E-state index in [-0.39, 0.29) is 34.2 Å². The molecule has 7 nitrogen and oxygen atoms in total. The molecule has 0 spiro atoms. The Morgan fingerprint density at radius 3 is 2.18 bits per heavy atom. The van der Waals surface area contributed by atoms with Crippen molar-refractivity contribution in [3.63, 3.8) is 0 Å². The van der Waals surface area contributed by atoms with Gasteiger partial charge in [-0.1, -0.05) is 59.9 Å². The fourth-order valence-electron chi connectivity index (χ4n) is 3.37. The van der Waals surface area contributed by atoms with E-state index >= 15 is 0 Å². The molecular weight excluding hydrogens is 521 g/mol. The van der Waals surface area contributed by atoms with Crippen LogP contribution in [0.3, 0.4) is 0 Å². The van der Waals surface area contributed by atoms with Crippen molar-refractivity contribution >= 4 is 62.3 Å². The lowest BCUT2D eigenvalue weighted by Crippen LogP contribution is -2.53. The highest BCUT2D eigenvalue weighted by atomic mass is 35.5. The van der Waals surface area contributed by atoms with Gasteiger partial charge in [-0.15, -0.1) is 0 Å². The number of hydrogen-bond donors (Lipinski definition) is 1. The number of halogens is 3. The molecule has 0 aliphatic carbocycles. The Labute approximate surface area is 216 Å². The van der Waals surface area contributed by atoms with Gasteiger partial charge >= 0.3 is 0 Å². The maximum absolute atomic E-state index is 13.6. The second-order valence-corrected chi connectivity index (χ2v) is 11.2. The molecule has 34 heavy (non-hydrogen) atoms. The van der Waals surface area contributed by atoms with Crippen molar-refractivity contribution in [3.05, 3.63) is 63.1 Å². The molecule has 0 fully saturated rings. The summed E-state index contributed by atoms with van der Waals surface area (Å²) in [5, 5.41) is 3.53. The largest absolute Gasteiger partial charge is 0.352 e. The number of carbonyl (C=O) groups is 2. The van der Waals surface area contributed by atoms with Crippen molar-refractivity contribution in [2.24, 2.45) is 0 Å². The molecule has 0 aliphatic rings. The predicted molar refractivity (Wildman–Crippen MR) is 138 cm³/mol. The summed E-state index contributed by atoms with van der Waals surface area (Å²) in [6, 6.07) is 10.4. The first-order valence-electron chi connectivity index (χ1n) is 10.6. The van der Waals surface area contributed by atoms with Crippen LogP contribution in [0.5, 0.6) is 0 Å². The maximum atomic E-state index is 13.6. The Hall–Kier alpha value is -2.00. The van der Waals surface area contributed by atoms with Crippen molar-refractivity contribution < 1.29 is 18.0 Å². The first-order valence-corrected chi connectivity index (χ1v) is 13.6. The summed E-state index contributed by atoms with van der Waals surface area (Å²) in [6.07, 6.45) is 1.30. The van der Waals surface area contributed by atoms with E-state index in [1.807, 2.05) is 13.8 Å². The minimum Gasteiger partial charge on any atom is -0.352 e. The molecule has 0 bridgehead atoms. The second kappa shape index (κ2) is 12.1. The van der Waals surface area contributed by atoms with Gasteiger partial charge in [0, 0.05) is 17.6 Å². The van der Waals surface area contributed by atoms with Crippen LogP contribution in [-0.2, 0) is 26.2 Å². The molecule has 0 unspecified atom stereocenters. The number of carbonyl (C=O) groups excluding carboxylic acids is 2. The average Bonchev–Trinajstić information content (AvgIpc) is 2.74. The monoisotopic (exact) mass is 547 g/mol. The van der Waals surface area contributed by atoms with Gasteiger partial charge in [0.05, 0.1) is 22.0 Å². The third-order valence-corrected chi connectivity index (χ3v) is 7.15. The van der Waals surface area contributed by atoms with E-state index in [0.29, 0.717) is 11.4 Å². The smallest absolute Gasteiger partial charge is 0.244 e. The zero-order valence-electron chi connectivity index (χ0n) is 19.4. The molecule has 2 rings (SSSR count). The molecule has 0 radical (unpaired) electrons. The molecule has 2 aromatic carbocycles. The lowest BCUT2D eigenvalue weighted by molar-refractivity contribution is -0.140. The number of nitrogens with one attached hydrogen (secondary N) is 1. The van der Waals surface area contributed by atoms with Crippen LogP contribution in [0.1, 0.15) is 32.8 Å². The van der Waals surface area contributed by atoms with Crippen molar-refractivity contribution in [3.8, 4) is 0 Å². The number of nitrogens with zero attached hydrogens (tertiary/aromatic N) is 2. The van der Waals surface area contributed by atoms with E-state index < -0.39 is 28.5 Å². The van der Waals surface area contributed by atoms with Crippen LogP contribution in [0.2, 0.25) is 15.1 Å². The molecule has 0 saturated heterocycles. The van der Waals surface area contributed by atoms with E-state index in [4.69, 9.17) is 34.8 Å². The molecule has 0 aromatic heterocycles. The number of amides is 2. The molecule has 0 heterocycles. The fourth-order valence-corrected chi connectivity index (χ4v) is 4.79. The normalized spacial score (nSPS) is 12.4. The summed E-state index contributed by atoms with van der Waals surface area (Å²) < 4.78 is 26.1. The van der Waals surface area contributed by atoms with Gasteiger partial charge in [0.25, 0.3) is 0 Å². The van der Waals surface area contributed by atoms with Crippen LogP contribution >= 0.6 is 34.8 Å². The first-order chi connectivity index (χ1) is 15.8. The van der Waals surface area contributed by atoms with Gasteiger partial charge in [0.2, 0.25) is 21.8 Å². The van der Waals surface area contributed by atoms with Gasteiger partial charge < -0.3 is 10.2 Å². The molecule has 2 aromatic rings. The third-order valence-electron chi connectivity index (χ3n) is 4.96. The Balaban J connectivity index is 2.48. The van der Waals surface area contributed by atoms with Gasteiger partial charge in [0.1, 0.15) is 12.6 Å². The van der Waals surface area contributed by atoms with E-state index in [9.17, 15) is 18.0 Å². The lowest BCUT2D eigenvalue weighted by Gasteiger charge is -2.33. The molecule has 1 atom stereocenters.